The first-order valence-electron chi connectivity index (χ1n) is 8.80. The average molecular weight is 336 g/mol. The Labute approximate surface area is 145 Å². The molecule has 0 heterocycles. The number of hydrogen-bond donors (Lipinski definition) is 3. The quantitative estimate of drug-likeness (QED) is 0.253. The number of carboxylic acids is 1. The second-order valence-corrected chi connectivity index (χ2v) is 5.78. The highest BCUT2D eigenvalue weighted by atomic mass is 16.4. The Bertz CT molecular complexity index is 421. The van der Waals surface area contributed by atoms with Crippen molar-refractivity contribution in [3.63, 3.8) is 0 Å². The van der Waals surface area contributed by atoms with Crippen LogP contribution in [0.1, 0.15) is 58.3 Å². The van der Waals surface area contributed by atoms with E-state index in [0.717, 1.165) is 6.42 Å². The molecule has 0 bridgehead atoms. The Morgan fingerprint density at radius 1 is 0.917 bits per heavy atom. The molecule has 24 heavy (non-hydrogen) atoms. The minimum absolute atomic E-state index is 0.0778. The summed E-state index contributed by atoms with van der Waals surface area (Å²) in [4.78, 5) is 10.3. The van der Waals surface area contributed by atoms with Crippen LogP contribution in [-0.2, 0) is 4.79 Å². The van der Waals surface area contributed by atoms with Crippen LogP contribution in [0.3, 0.4) is 0 Å². The molecular formula is C20H32O4. The number of allylic oxidation sites excluding steroid dienone is 5. The molecular weight excluding hydrogens is 304 g/mol. The number of unbranched alkanes of at least 4 members (excludes halogenated alkanes) is 3. The molecule has 0 aliphatic heterocycles. The molecule has 0 spiro atoms. The van der Waals surface area contributed by atoms with Crippen LogP contribution in [0.2, 0.25) is 0 Å². The fourth-order valence-corrected chi connectivity index (χ4v) is 2.02. The van der Waals surface area contributed by atoms with Gasteiger partial charge in [0.15, 0.2) is 0 Å². The summed E-state index contributed by atoms with van der Waals surface area (Å²) in [6.07, 6.45) is 19.8. The zero-order valence-electron chi connectivity index (χ0n) is 14.7. The van der Waals surface area contributed by atoms with Crippen molar-refractivity contribution >= 4 is 5.97 Å². The van der Waals surface area contributed by atoms with Gasteiger partial charge in [0.25, 0.3) is 0 Å². The Balaban J connectivity index is 3.81. The third kappa shape index (κ3) is 16.7. The number of aliphatic hydroxyl groups excluding tert-OH is 2. The number of hydrogen-bond acceptors (Lipinski definition) is 3. The highest BCUT2D eigenvalue weighted by molar-refractivity contribution is 5.66. The van der Waals surface area contributed by atoms with E-state index < -0.39 is 18.2 Å². The topological polar surface area (TPSA) is 77.8 Å². The number of carboxylic acid groups (broad SMARTS) is 1. The zero-order valence-corrected chi connectivity index (χ0v) is 14.7. The van der Waals surface area contributed by atoms with E-state index in [-0.39, 0.29) is 6.42 Å². The lowest BCUT2D eigenvalue weighted by Gasteiger charge is -2.02. The van der Waals surface area contributed by atoms with Gasteiger partial charge in [-0.05, 0) is 32.1 Å². The standard InChI is InChI=1S/C20H32O4/c1-2-3-4-5-6-9-13-18(21)14-10-7-8-11-15-19(22)16-12-17-20(23)24/h6-11,14-15,18-19,21-22H,2-5,12-13,16-17H2,1H3,(H,23,24)/t18?,19-/m1/s1. The molecule has 136 valence electrons. The molecule has 0 radical (unpaired) electrons. The summed E-state index contributed by atoms with van der Waals surface area (Å²) in [6, 6.07) is 0. The van der Waals surface area contributed by atoms with Gasteiger partial charge in [-0.15, -0.1) is 0 Å². The summed E-state index contributed by atoms with van der Waals surface area (Å²) in [5.74, 6) is -0.842. The summed E-state index contributed by atoms with van der Waals surface area (Å²) in [5.41, 5.74) is 0. The molecule has 1 unspecified atom stereocenters. The third-order valence-corrected chi connectivity index (χ3v) is 3.41. The van der Waals surface area contributed by atoms with E-state index >= 15 is 0 Å². The first-order chi connectivity index (χ1) is 11.6. The van der Waals surface area contributed by atoms with E-state index in [1.54, 1.807) is 36.5 Å². The number of aliphatic hydroxyl groups is 2. The van der Waals surface area contributed by atoms with Crippen LogP contribution < -0.4 is 0 Å². The van der Waals surface area contributed by atoms with Gasteiger partial charge in [0.05, 0.1) is 12.2 Å². The summed E-state index contributed by atoms with van der Waals surface area (Å²) < 4.78 is 0. The van der Waals surface area contributed by atoms with Gasteiger partial charge in [0, 0.05) is 6.42 Å². The molecule has 0 aromatic rings. The summed E-state index contributed by atoms with van der Waals surface area (Å²) >= 11 is 0. The first-order valence-corrected chi connectivity index (χ1v) is 8.80. The second kappa shape index (κ2) is 16.2. The highest BCUT2D eigenvalue weighted by Gasteiger charge is 2.01. The van der Waals surface area contributed by atoms with Crippen molar-refractivity contribution in [2.75, 3.05) is 0 Å². The molecule has 0 aromatic carbocycles. The summed E-state index contributed by atoms with van der Waals surface area (Å²) in [6.45, 7) is 2.18. The van der Waals surface area contributed by atoms with Gasteiger partial charge in [-0.2, -0.15) is 0 Å². The van der Waals surface area contributed by atoms with Gasteiger partial charge in [-0.1, -0.05) is 68.4 Å². The smallest absolute Gasteiger partial charge is 0.303 e. The van der Waals surface area contributed by atoms with Gasteiger partial charge in [-0.25, -0.2) is 0 Å². The maximum atomic E-state index is 10.3. The minimum atomic E-state index is -0.842. The molecule has 0 aliphatic rings. The lowest BCUT2D eigenvalue weighted by atomic mass is 10.1. The minimum Gasteiger partial charge on any atom is -0.481 e. The lowest BCUT2D eigenvalue weighted by molar-refractivity contribution is -0.137. The van der Waals surface area contributed by atoms with Crippen LogP contribution in [0, 0.1) is 0 Å². The average Bonchev–Trinajstić information content (AvgIpc) is 2.53. The van der Waals surface area contributed by atoms with Crippen LogP contribution in [0.5, 0.6) is 0 Å². The molecule has 3 N–H and O–H groups in total. The fraction of sp³-hybridized carbons (Fsp3) is 0.550. The molecule has 0 amide bonds. The van der Waals surface area contributed by atoms with Gasteiger partial charge < -0.3 is 15.3 Å². The molecule has 0 rings (SSSR count). The van der Waals surface area contributed by atoms with Crippen molar-refractivity contribution in [3.05, 3.63) is 48.6 Å². The van der Waals surface area contributed by atoms with Gasteiger partial charge in [-0.3, -0.25) is 4.79 Å². The molecule has 4 heteroatoms. The predicted octanol–water partition coefficient (Wildman–Crippen LogP) is 4.16. The molecule has 4 nitrogen and oxygen atoms in total. The lowest BCUT2D eigenvalue weighted by Crippen LogP contribution is -2.03. The maximum Gasteiger partial charge on any atom is 0.303 e. The van der Waals surface area contributed by atoms with Crippen LogP contribution in [-0.4, -0.2) is 33.5 Å². The van der Waals surface area contributed by atoms with Crippen LogP contribution in [0.15, 0.2) is 48.6 Å². The van der Waals surface area contributed by atoms with Crippen LogP contribution in [0.25, 0.3) is 0 Å². The van der Waals surface area contributed by atoms with Gasteiger partial charge >= 0.3 is 5.97 Å². The summed E-state index contributed by atoms with van der Waals surface area (Å²) in [7, 11) is 0. The molecule has 0 aromatic heterocycles. The maximum absolute atomic E-state index is 10.3. The predicted molar refractivity (Wildman–Crippen MR) is 98.8 cm³/mol. The largest absolute Gasteiger partial charge is 0.481 e. The van der Waals surface area contributed by atoms with Crippen molar-refractivity contribution in [1.82, 2.24) is 0 Å². The van der Waals surface area contributed by atoms with Gasteiger partial charge in [0.1, 0.15) is 0 Å². The second-order valence-electron chi connectivity index (χ2n) is 5.78. The van der Waals surface area contributed by atoms with E-state index in [4.69, 9.17) is 5.11 Å². The van der Waals surface area contributed by atoms with E-state index in [2.05, 4.69) is 13.0 Å². The van der Waals surface area contributed by atoms with Crippen molar-refractivity contribution in [2.45, 2.75) is 70.5 Å². The Morgan fingerprint density at radius 3 is 2.21 bits per heavy atom. The number of rotatable bonds is 14. The Kier molecular flexibility index (Phi) is 15.1. The number of carbonyl (C=O) groups is 1. The van der Waals surface area contributed by atoms with Crippen molar-refractivity contribution < 1.29 is 20.1 Å². The van der Waals surface area contributed by atoms with Crippen LogP contribution >= 0.6 is 0 Å². The SMILES string of the molecule is CCCCCC=CCC(O)C=CC=CC=C[C@@H](O)CCCC(=O)O. The molecule has 0 aliphatic carbocycles. The van der Waals surface area contributed by atoms with Crippen LogP contribution in [0.4, 0.5) is 0 Å². The monoisotopic (exact) mass is 336 g/mol. The first kappa shape index (κ1) is 22.4. The Morgan fingerprint density at radius 2 is 1.58 bits per heavy atom. The zero-order chi connectivity index (χ0) is 18.0. The highest BCUT2D eigenvalue weighted by Crippen LogP contribution is 2.03. The molecule has 2 atom stereocenters. The van der Waals surface area contributed by atoms with E-state index in [1.165, 1.54) is 19.3 Å². The fourth-order valence-electron chi connectivity index (χ4n) is 2.02. The van der Waals surface area contributed by atoms with Gasteiger partial charge in [0.2, 0.25) is 0 Å². The van der Waals surface area contributed by atoms with E-state index in [1.807, 2.05) is 6.08 Å². The van der Waals surface area contributed by atoms with E-state index in [9.17, 15) is 15.0 Å². The molecule has 0 saturated heterocycles. The summed E-state index contributed by atoms with van der Waals surface area (Å²) in [5, 5.41) is 27.9. The normalized spacial score (nSPS) is 15.1. The van der Waals surface area contributed by atoms with Crippen molar-refractivity contribution in [2.24, 2.45) is 0 Å². The molecule has 0 fully saturated rings. The third-order valence-electron chi connectivity index (χ3n) is 3.41. The van der Waals surface area contributed by atoms with Crippen molar-refractivity contribution in [1.29, 1.82) is 0 Å². The molecule has 0 saturated carbocycles. The Hall–Kier alpha value is -1.65. The number of aliphatic carboxylic acids is 1. The van der Waals surface area contributed by atoms with Crippen molar-refractivity contribution in [3.8, 4) is 0 Å². The van der Waals surface area contributed by atoms with E-state index in [0.29, 0.717) is 19.3 Å².